The number of hydrogen-bond acceptors (Lipinski definition) is 2. The van der Waals surface area contributed by atoms with E-state index in [4.69, 9.17) is 5.26 Å². The van der Waals surface area contributed by atoms with Gasteiger partial charge in [-0.1, -0.05) is 15.9 Å². The summed E-state index contributed by atoms with van der Waals surface area (Å²) in [5.74, 6) is 0.0190. The van der Waals surface area contributed by atoms with Crippen molar-refractivity contribution >= 4 is 37.5 Å². The molecule has 0 aliphatic carbocycles. The zero-order chi connectivity index (χ0) is 10.6. The summed E-state index contributed by atoms with van der Waals surface area (Å²) >= 11 is 6.82. The quantitative estimate of drug-likeness (QED) is 0.920. The van der Waals surface area contributed by atoms with Gasteiger partial charge in [0.25, 0.3) is 0 Å². The van der Waals surface area contributed by atoms with Gasteiger partial charge in [-0.05, 0) is 41.1 Å². The lowest BCUT2D eigenvalue weighted by Crippen LogP contribution is -2.09. The van der Waals surface area contributed by atoms with Crippen molar-refractivity contribution in [1.29, 1.82) is 5.26 Å². The Balaban J connectivity index is 2.64. The minimum Gasteiger partial charge on any atom is -0.383 e. The molecule has 0 amide bonds. The molecule has 0 saturated carbocycles. The summed E-state index contributed by atoms with van der Waals surface area (Å²) in [4.78, 5) is 0. The van der Waals surface area contributed by atoms with Crippen LogP contribution in [-0.2, 0) is 0 Å². The Labute approximate surface area is 101 Å². The fourth-order valence-electron chi connectivity index (χ4n) is 0.942. The molecule has 1 aromatic rings. The molecule has 0 radical (unpaired) electrons. The Kier molecular flexibility index (Phi) is 4.43. The van der Waals surface area contributed by atoms with Crippen molar-refractivity contribution < 1.29 is 0 Å². The van der Waals surface area contributed by atoms with Gasteiger partial charge in [-0.3, -0.25) is 0 Å². The molecule has 0 aliphatic heterocycles. The highest BCUT2D eigenvalue weighted by Gasteiger charge is 2.02. The van der Waals surface area contributed by atoms with Crippen LogP contribution in [0.25, 0.3) is 0 Å². The molecule has 14 heavy (non-hydrogen) atoms. The minimum absolute atomic E-state index is 0.0190. The predicted molar refractivity (Wildman–Crippen MR) is 65.1 cm³/mol. The van der Waals surface area contributed by atoms with E-state index in [0.717, 1.165) is 14.6 Å². The predicted octanol–water partition coefficient (Wildman–Crippen LogP) is 3.78. The molecule has 1 aromatic carbocycles. The van der Waals surface area contributed by atoms with Crippen LogP contribution in [0.5, 0.6) is 0 Å². The summed E-state index contributed by atoms with van der Waals surface area (Å²) < 4.78 is 2.03. The monoisotopic (exact) mass is 316 g/mol. The third kappa shape index (κ3) is 3.32. The van der Waals surface area contributed by atoms with Crippen LogP contribution in [0.3, 0.4) is 0 Å². The lowest BCUT2D eigenvalue weighted by molar-refractivity contribution is 0.786. The van der Waals surface area contributed by atoms with E-state index in [1.165, 1.54) is 0 Å². The highest BCUT2D eigenvalue weighted by molar-refractivity contribution is 9.11. The number of hydrogen-bond donors (Lipinski definition) is 1. The first-order chi connectivity index (χ1) is 6.63. The van der Waals surface area contributed by atoms with Crippen molar-refractivity contribution in [2.45, 2.75) is 6.92 Å². The first kappa shape index (κ1) is 11.5. The van der Waals surface area contributed by atoms with E-state index >= 15 is 0 Å². The molecule has 4 heteroatoms. The Morgan fingerprint density at radius 2 is 2.21 bits per heavy atom. The zero-order valence-corrected chi connectivity index (χ0v) is 10.9. The number of benzene rings is 1. The van der Waals surface area contributed by atoms with Gasteiger partial charge in [0.05, 0.1) is 12.0 Å². The molecule has 0 fully saturated rings. The standard InChI is InChI=1S/C10H10Br2N2/c1-7(5-13)6-14-10-3-2-8(11)4-9(10)12/h2-4,7,14H,6H2,1H3. The largest absolute Gasteiger partial charge is 0.383 e. The van der Waals surface area contributed by atoms with E-state index in [0.29, 0.717) is 6.54 Å². The van der Waals surface area contributed by atoms with Crippen LogP contribution in [0.15, 0.2) is 27.1 Å². The van der Waals surface area contributed by atoms with E-state index < -0.39 is 0 Å². The van der Waals surface area contributed by atoms with Crippen LogP contribution in [-0.4, -0.2) is 6.54 Å². The van der Waals surface area contributed by atoms with Gasteiger partial charge in [0.2, 0.25) is 0 Å². The summed E-state index contributed by atoms with van der Waals surface area (Å²) in [5.41, 5.74) is 1.01. The second kappa shape index (κ2) is 5.38. The third-order valence-corrected chi connectivity index (χ3v) is 2.90. The topological polar surface area (TPSA) is 35.8 Å². The first-order valence-corrected chi connectivity index (χ1v) is 5.80. The minimum atomic E-state index is 0.0190. The number of nitrogens with one attached hydrogen (secondary N) is 1. The van der Waals surface area contributed by atoms with E-state index in [-0.39, 0.29) is 5.92 Å². The van der Waals surface area contributed by atoms with Crippen LogP contribution < -0.4 is 5.32 Å². The second-order valence-electron chi connectivity index (χ2n) is 3.04. The van der Waals surface area contributed by atoms with Crippen molar-refractivity contribution in [1.82, 2.24) is 0 Å². The van der Waals surface area contributed by atoms with Crippen LogP contribution in [0.1, 0.15) is 6.92 Å². The fraction of sp³-hybridized carbons (Fsp3) is 0.300. The molecule has 1 rings (SSSR count). The molecule has 0 bridgehead atoms. The summed E-state index contributed by atoms with van der Waals surface area (Å²) in [5, 5.41) is 11.8. The van der Waals surface area contributed by atoms with Crippen LogP contribution in [0, 0.1) is 17.2 Å². The molecule has 0 heterocycles. The second-order valence-corrected chi connectivity index (χ2v) is 4.81. The Bertz CT molecular complexity index is 358. The Morgan fingerprint density at radius 1 is 1.50 bits per heavy atom. The van der Waals surface area contributed by atoms with E-state index in [2.05, 4.69) is 43.2 Å². The summed E-state index contributed by atoms with van der Waals surface area (Å²) in [6.45, 7) is 2.55. The summed E-state index contributed by atoms with van der Waals surface area (Å²) in [6.07, 6.45) is 0. The van der Waals surface area contributed by atoms with Gasteiger partial charge < -0.3 is 5.32 Å². The Morgan fingerprint density at radius 3 is 2.79 bits per heavy atom. The average molecular weight is 318 g/mol. The lowest BCUT2D eigenvalue weighted by Gasteiger charge is -2.09. The highest BCUT2D eigenvalue weighted by Crippen LogP contribution is 2.26. The highest BCUT2D eigenvalue weighted by atomic mass is 79.9. The van der Waals surface area contributed by atoms with E-state index in [1.807, 2.05) is 25.1 Å². The van der Waals surface area contributed by atoms with Gasteiger partial charge in [0.1, 0.15) is 0 Å². The third-order valence-electron chi connectivity index (χ3n) is 1.75. The van der Waals surface area contributed by atoms with Crippen molar-refractivity contribution in [2.24, 2.45) is 5.92 Å². The molecule has 0 aromatic heterocycles. The average Bonchev–Trinajstić information content (AvgIpc) is 2.16. The van der Waals surface area contributed by atoms with Gasteiger partial charge in [-0.25, -0.2) is 0 Å². The van der Waals surface area contributed by atoms with Gasteiger partial charge >= 0.3 is 0 Å². The van der Waals surface area contributed by atoms with Crippen molar-refractivity contribution in [3.05, 3.63) is 27.1 Å². The van der Waals surface area contributed by atoms with Crippen molar-refractivity contribution in [2.75, 3.05) is 11.9 Å². The maximum absolute atomic E-state index is 8.62. The fourth-order valence-corrected chi connectivity index (χ4v) is 2.13. The van der Waals surface area contributed by atoms with Gasteiger partial charge in [-0.15, -0.1) is 0 Å². The smallest absolute Gasteiger partial charge is 0.0671 e. The molecule has 0 aliphatic rings. The van der Waals surface area contributed by atoms with Crippen LogP contribution >= 0.6 is 31.9 Å². The van der Waals surface area contributed by atoms with Gasteiger partial charge in [-0.2, -0.15) is 5.26 Å². The van der Waals surface area contributed by atoms with E-state index in [1.54, 1.807) is 0 Å². The first-order valence-electron chi connectivity index (χ1n) is 4.22. The number of halogens is 2. The molecule has 0 spiro atoms. The maximum atomic E-state index is 8.62. The SMILES string of the molecule is CC(C#N)CNc1ccc(Br)cc1Br. The molecular formula is C10H10Br2N2. The molecule has 0 saturated heterocycles. The zero-order valence-electron chi connectivity index (χ0n) is 7.72. The number of nitrogens with zero attached hydrogens (tertiary/aromatic N) is 1. The molecule has 1 unspecified atom stereocenters. The summed E-state index contributed by atoms with van der Waals surface area (Å²) in [6, 6.07) is 8.08. The molecular weight excluding hydrogens is 308 g/mol. The Hall–Kier alpha value is -0.530. The molecule has 1 atom stereocenters. The molecule has 1 N–H and O–H groups in total. The maximum Gasteiger partial charge on any atom is 0.0671 e. The molecule has 74 valence electrons. The van der Waals surface area contributed by atoms with Gasteiger partial charge in [0, 0.05) is 21.2 Å². The van der Waals surface area contributed by atoms with Crippen LogP contribution in [0.2, 0.25) is 0 Å². The normalized spacial score (nSPS) is 11.9. The van der Waals surface area contributed by atoms with Crippen LogP contribution in [0.4, 0.5) is 5.69 Å². The van der Waals surface area contributed by atoms with Crippen molar-refractivity contribution in [3.8, 4) is 6.07 Å². The van der Waals surface area contributed by atoms with Gasteiger partial charge in [0.15, 0.2) is 0 Å². The van der Waals surface area contributed by atoms with Crippen molar-refractivity contribution in [3.63, 3.8) is 0 Å². The number of anilines is 1. The summed E-state index contributed by atoms with van der Waals surface area (Å²) in [7, 11) is 0. The number of rotatable bonds is 3. The van der Waals surface area contributed by atoms with E-state index in [9.17, 15) is 0 Å². The number of nitriles is 1. The lowest BCUT2D eigenvalue weighted by atomic mass is 10.2. The molecule has 2 nitrogen and oxygen atoms in total.